The van der Waals surface area contributed by atoms with Gasteiger partial charge in [0.2, 0.25) is 0 Å². The lowest BCUT2D eigenvalue weighted by atomic mass is 9.93. The first kappa shape index (κ1) is 20.4. The van der Waals surface area contributed by atoms with Gasteiger partial charge < -0.3 is 9.64 Å². The van der Waals surface area contributed by atoms with Gasteiger partial charge in [0, 0.05) is 18.7 Å². The van der Waals surface area contributed by atoms with Crippen LogP contribution in [0.5, 0.6) is 5.75 Å². The molecule has 0 aliphatic carbocycles. The van der Waals surface area contributed by atoms with Crippen LogP contribution in [0.25, 0.3) is 0 Å². The average Bonchev–Trinajstić information content (AvgIpc) is 3.15. The van der Waals surface area contributed by atoms with Crippen LogP contribution >= 0.6 is 0 Å². The highest BCUT2D eigenvalue weighted by Crippen LogP contribution is 2.34. The summed E-state index contributed by atoms with van der Waals surface area (Å²) in [5.74, 6) is 1.69. The zero-order valence-electron chi connectivity index (χ0n) is 18.3. The molecule has 0 aromatic heterocycles. The molecule has 0 bridgehead atoms. The summed E-state index contributed by atoms with van der Waals surface area (Å²) in [6, 6.07) is 16.3. The molecule has 7 heteroatoms. The van der Waals surface area contributed by atoms with E-state index in [-0.39, 0.29) is 11.5 Å². The molecule has 0 spiro atoms. The number of methoxy groups -OCH3 is 1. The molecule has 0 saturated carbocycles. The van der Waals surface area contributed by atoms with Crippen molar-refractivity contribution in [3.05, 3.63) is 59.7 Å². The molecule has 158 valence electrons. The minimum absolute atomic E-state index is 0.0111. The van der Waals surface area contributed by atoms with Gasteiger partial charge in [-0.1, -0.05) is 43.2 Å². The molecule has 2 aliphatic rings. The first-order valence-electron chi connectivity index (χ1n) is 10.2. The van der Waals surface area contributed by atoms with Crippen molar-refractivity contribution in [1.82, 2.24) is 15.4 Å². The molecule has 0 radical (unpaired) electrons. The van der Waals surface area contributed by atoms with Crippen LogP contribution < -0.4 is 15.3 Å². The van der Waals surface area contributed by atoms with Crippen molar-refractivity contribution in [3.8, 4) is 5.75 Å². The van der Waals surface area contributed by atoms with Crippen molar-refractivity contribution in [2.24, 2.45) is 15.5 Å². The number of hydrogen-bond acceptors (Lipinski definition) is 6. The monoisotopic (exact) mass is 406 g/mol. The molecule has 1 atom stereocenters. The van der Waals surface area contributed by atoms with Gasteiger partial charge in [-0.25, -0.2) is 0 Å². The molecule has 2 aromatic carbocycles. The Kier molecular flexibility index (Phi) is 5.49. The van der Waals surface area contributed by atoms with Gasteiger partial charge in [0.15, 0.2) is 0 Å². The third-order valence-corrected chi connectivity index (χ3v) is 5.25. The highest BCUT2D eigenvalue weighted by Gasteiger charge is 2.37. The fourth-order valence-electron chi connectivity index (χ4n) is 4.06. The Balaban J connectivity index is 1.64. The molecular formula is C23H30N6O. The van der Waals surface area contributed by atoms with Crippen molar-refractivity contribution in [2.45, 2.75) is 19.9 Å². The predicted molar refractivity (Wildman–Crippen MR) is 122 cm³/mol. The number of aliphatic imine (C=N–C) groups is 1. The molecular weight excluding hydrogens is 376 g/mol. The Labute approximate surface area is 178 Å². The minimum Gasteiger partial charge on any atom is -0.497 e. The lowest BCUT2D eigenvalue weighted by Crippen LogP contribution is -2.54. The van der Waals surface area contributed by atoms with Crippen molar-refractivity contribution in [3.63, 3.8) is 0 Å². The van der Waals surface area contributed by atoms with E-state index in [0.717, 1.165) is 35.9 Å². The number of amidine groups is 1. The lowest BCUT2D eigenvalue weighted by molar-refractivity contribution is 0.198. The quantitative estimate of drug-likeness (QED) is 0.798. The van der Waals surface area contributed by atoms with E-state index in [2.05, 4.69) is 67.6 Å². The minimum atomic E-state index is 0.0111. The molecule has 0 fully saturated rings. The van der Waals surface area contributed by atoms with E-state index >= 15 is 0 Å². The fourth-order valence-corrected chi connectivity index (χ4v) is 4.06. The molecule has 2 heterocycles. The number of rotatable bonds is 6. The number of ether oxygens (including phenoxy) is 1. The van der Waals surface area contributed by atoms with Gasteiger partial charge in [-0.3, -0.25) is 10.4 Å². The topological polar surface area (TPSA) is 55.7 Å². The van der Waals surface area contributed by atoms with Crippen molar-refractivity contribution >= 4 is 17.7 Å². The van der Waals surface area contributed by atoms with Crippen LogP contribution in [0.1, 0.15) is 31.0 Å². The summed E-state index contributed by atoms with van der Waals surface area (Å²) < 4.78 is 5.28. The molecule has 4 rings (SSSR count). The van der Waals surface area contributed by atoms with E-state index in [1.165, 1.54) is 5.56 Å². The Morgan fingerprint density at radius 1 is 1.13 bits per heavy atom. The smallest absolute Gasteiger partial charge is 0.144 e. The molecule has 2 aromatic rings. The summed E-state index contributed by atoms with van der Waals surface area (Å²) in [6.07, 6.45) is 1.96. The van der Waals surface area contributed by atoms with E-state index in [4.69, 9.17) is 9.73 Å². The Morgan fingerprint density at radius 2 is 1.87 bits per heavy atom. The summed E-state index contributed by atoms with van der Waals surface area (Å²) >= 11 is 0. The standard InChI is InChI=1S/C23H30N6O/c1-23(2,16-27(3)4)15-24-22-20-9-7-6-8-19(20)21-14-25-28(29(21)26-22)17-10-12-18(30-5)13-11-17/h6-14,21H,15-16H2,1-5H3,(H,24,26). The Hall–Kier alpha value is -2.90. The average molecular weight is 407 g/mol. The predicted octanol–water partition coefficient (Wildman–Crippen LogP) is 3.31. The second-order valence-electron chi connectivity index (χ2n) is 8.81. The van der Waals surface area contributed by atoms with E-state index in [1.54, 1.807) is 7.11 Å². The summed E-state index contributed by atoms with van der Waals surface area (Å²) in [4.78, 5) is 7.21. The number of nitrogens with one attached hydrogen (secondary N) is 1. The number of benzene rings is 2. The highest BCUT2D eigenvalue weighted by atomic mass is 16.5. The summed E-state index contributed by atoms with van der Waals surface area (Å²) in [7, 11) is 5.87. The molecule has 0 saturated heterocycles. The fraction of sp³-hybridized carbons (Fsp3) is 0.391. The van der Waals surface area contributed by atoms with Gasteiger partial charge in [-0.05, 0) is 49.3 Å². The molecule has 30 heavy (non-hydrogen) atoms. The lowest BCUT2D eigenvalue weighted by Gasteiger charge is -2.37. The number of hydrogen-bond donors (Lipinski definition) is 1. The van der Waals surface area contributed by atoms with Gasteiger partial charge in [0.1, 0.15) is 17.6 Å². The van der Waals surface area contributed by atoms with Crippen LogP contribution in [0.4, 0.5) is 5.69 Å². The van der Waals surface area contributed by atoms with E-state index < -0.39 is 0 Å². The largest absolute Gasteiger partial charge is 0.497 e. The third kappa shape index (κ3) is 4.04. The maximum absolute atomic E-state index is 5.28. The number of anilines is 1. The number of hydrazone groups is 1. The zero-order valence-corrected chi connectivity index (χ0v) is 18.3. The molecule has 1 N–H and O–H groups in total. The third-order valence-electron chi connectivity index (χ3n) is 5.25. The van der Waals surface area contributed by atoms with Crippen molar-refractivity contribution < 1.29 is 4.74 Å². The van der Waals surface area contributed by atoms with Gasteiger partial charge >= 0.3 is 0 Å². The molecule has 0 amide bonds. The summed E-state index contributed by atoms with van der Waals surface area (Å²) in [5.41, 5.74) is 6.86. The normalized spacial score (nSPS) is 19.7. The van der Waals surface area contributed by atoms with E-state index in [1.807, 2.05) is 40.7 Å². The number of nitrogens with zero attached hydrogens (tertiary/aromatic N) is 5. The maximum atomic E-state index is 5.28. The van der Waals surface area contributed by atoms with Gasteiger partial charge in [-0.15, -0.1) is 0 Å². The van der Waals surface area contributed by atoms with Crippen molar-refractivity contribution in [2.75, 3.05) is 39.4 Å². The highest BCUT2D eigenvalue weighted by molar-refractivity contribution is 6.02. The van der Waals surface area contributed by atoms with Crippen molar-refractivity contribution in [1.29, 1.82) is 0 Å². The summed E-state index contributed by atoms with van der Waals surface area (Å²) in [6.45, 7) is 6.19. The van der Waals surface area contributed by atoms with Crippen LogP contribution in [0.15, 0.2) is 58.6 Å². The molecule has 7 nitrogen and oxygen atoms in total. The summed E-state index contributed by atoms with van der Waals surface area (Å²) in [5, 5.41) is 8.56. The van der Waals surface area contributed by atoms with Crippen LogP contribution in [0.2, 0.25) is 0 Å². The van der Waals surface area contributed by atoms with Gasteiger partial charge in [-0.2, -0.15) is 10.2 Å². The Morgan fingerprint density at radius 3 is 2.57 bits per heavy atom. The van der Waals surface area contributed by atoms with Crippen LogP contribution in [-0.4, -0.2) is 56.4 Å². The first-order chi connectivity index (χ1) is 14.4. The second-order valence-corrected chi connectivity index (χ2v) is 8.81. The molecule has 2 aliphatic heterocycles. The number of hydrazine groups is 2. The maximum Gasteiger partial charge on any atom is 0.144 e. The van der Waals surface area contributed by atoms with Gasteiger partial charge in [0.05, 0.1) is 19.0 Å². The second kappa shape index (κ2) is 8.08. The van der Waals surface area contributed by atoms with E-state index in [0.29, 0.717) is 0 Å². The van der Waals surface area contributed by atoms with Crippen LogP contribution in [0, 0.1) is 5.41 Å². The first-order valence-corrected chi connectivity index (χ1v) is 10.2. The molecule has 1 unspecified atom stereocenters. The number of fused-ring (bicyclic) bond motifs is 3. The van der Waals surface area contributed by atoms with Gasteiger partial charge in [0.25, 0.3) is 0 Å². The van der Waals surface area contributed by atoms with Crippen LogP contribution in [0.3, 0.4) is 0 Å². The van der Waals surface area contributed by atoms with Crippen LogP contribution in [-0.2, 0) is 0 Å². The SMILES string of the molecule is COc1ccc(N2N=CC3c4ccccc4C(=NCC(C)(C)CN(C)C)NN32)cc1. The van der Waals surface area contributed by atoms with E-state index in [9.17, 15) is 0 Å². The Bertz CT molecular complexity index is 950. The zero-order chi connectivity index (χ0) is 21.3.